The van der Waals surface area contributed by atoms with Crippen LogP contribution in [0.25, 0.3) is 10.9 Å². The summed E-state index contributed by atoms with van der Waals surface area (Å²) in [7, 11) is 0. The second kappa shape index (κ2) is 12.4. The molecule has 0 fully saturated rings. The van der Waals surface area contributed by atoms with E-state index in [0.29, 0.717) is 11.3 Å². The fourth-order valence-corrected chi connectivity index (χ4v) is 4.05. The summed E-state index contributed by atoms with van der Waals surface area (Å²) in [5.41, 5.74) is 2.35. The van der Waals surface area contributed by atoms with Crippen molar-refractivity contribution < 1.29 is 29.1 Å². The number of benzene rings is 3. The van der Waals surface area contributed by atoms with Crippen LogP contribution in [-0.2, 0) is 32.1 Å². The second-order valence-electron chi connectivity index (χ2n) is 8.65. The quantitative estimate of drug-likeness (QED) is 0.191. The molecule has 1 heterocycles. The molecule has 0 bridgehead atoms. The van der Waals surface area contributed by atoms with Gasteiger partial charge in [0.25, 0.3) is 5.91 Å². The van der Waals surface area contributed by atoms with Crippen molar-refractivity contribution in [3.8, 4) is 11.5 Å². The smallest absolute Gasteiger partial charge is 0.347 e. The summed E-state index contributed by atoms with van der Waals surface area (Å²) in [6, 6.07) is 20.4. The maximum Gasteiger partial charge on any atom is 0.347 e. The van der Waals surface area contributed by atoms with Crippen LogP contribution in [0.15, 0.2) is 85.1 Å². The van der Waals surface area contributed by atoms with Gasteiger partial charge in [-0.2, -0.15) is 5.90 Å². The highest BCUT2D eigenvalue weighted by Crippen LogP contribution is 2.19. The predicted octanol–water partition coefficient (Wildman–Crippen LogP) is 2.12. The molecule has 0 unspecified atom stereocenters. The first kappa shape index (κ1) is 26.2. The van der Waals surface area contributed by atoms with E-state index in [2.05, 4.69) is 20.5 Å². The van der Waals surface area contributed by atoms with Crippen LogP contribution in [0.1, 0.15) is 11.1 Å². The van der Waals surface area contributed by atoms with E-state index in [-0.39, 0.29) is 25.2 Å². The molecule has 3 aromatic carbocycles. The highest BCUT2D eigenvalue weighted by Gasteiger charge is 2.29. The molecule has 0 saturated heterocycles. The third-order valence-corrected chi connectivity index (χ3v) is 5.96. The third kappa shape index (κ3) is 6.89. The third-order valence-electron chi connectivity index (χ3n) is 5.96. The molecule has 0 aliphatic carbocycles. The standard InChI is InChI=1S/C28H28N4O6/c29-38-28(36)25(15-19-16-30-23-9-5-4-8-22(19)23)32-27(35)24(14-18-10-12-20(33)13-11-18)31-26(34)17-37-21-6-2-1-3-7-21/h1-13,16,24-25,30,33H,14-15,17,29H2,(H,31,34)(H,32,35)/t24-,25-/m1/s1. The molecule has 10 heteroatoms. The van der Waals surface area contributed by atoms with Crippen LogP contribution in [0.4, 0.5) is 0 Å². The van der Waals surface area contributed by atoms with Gasteiger partial charge < -0.3 is 30.3 Å². The number of aromatic amines is 1. The SMILES string of the molecule is NOC(=O)[C@@H](Cc1c[nH]c2ccccc12)NC(=O)[C@@H](Cc1ccc(O)cc1)NC(=O)COc1ccccc1. The fourth-order valence-electron chi connectivity index (χ4n) is 4.05. The summed E-state index contributed by atoms with van der Waals surface area (Å²) < 4.78 is 5.49. The molecular weight excluding hydrogens is 488 g/mol. The average Bonchev–Trinajstić information content (AvgIpc) is 3.35. The van der Waals surface area contributed by atoms with Crippen molar-refractivity contribution in [2.24, 2.45) is 5.90 Å². The van der Waals surface area contributed by atoms with E-state index in [9.17, 15) is 19.5 Å². The van der Waals surface area contributed by atoms with Gasteiger partial charge >= 0.3 is 5.97 Å². The highest BCUT2D eigenvalue weighted by molar-refractivity contribution is 5.92. The maximum atomic E-state index is 13.4. The lowest BCUT2D eigenvalue weighted by atomic mass is 10.0. The lowest BCUT2D eigenvalue weighted by molar-refractivity contribution is -0.148. The molecule has 0 spiro atoms. The first-order valence-electron chi connectivity index (χ1n) is 11.9. The van der Waals surface area contributed by atoms with Crippen molar-refractivity contribution in [2.45, 2.75) is 24.9 Å². The number of phenols is 1. The predicted molar refractivity (Wildman–Crippen MR) is 140 cm³/mol. The number of ether oxygens (including phenoxy) is 1. The molecule has 6 N–H and O–H groups in total. The molecule has 2 amide bonds. The average molecular weight is 517 g/mol. The van der Waals surface area contributed by atoms with Crippen molar-refractivity contribution >= 4 is 28.7 Å². The van der Waals surface area contributed by atoms with Crippen molar-refractivity contribution in [3.63, 3.8) is 0 Å². The van der Waals surface area contributed by atoms with E-state index in [1.165, 1.54) is 12.1 Å². The molecule has 0 aliphatic rings. The monoisotopic (exact) mass is 516 g/mol. The lowest BCUT2D eigenvalue weighted by Gasteiger charge is -2.22. The lowest BCUT2D eigenvalue weighted by Crippen LogP contribution is -2.54. The van der Waals surface area contributed by atoms with Crippen molar-refractivity contribution in [2.75, 3.05) is 6.61 Å². The molecule has 38 heavy (non-hydrogen) atoms. The van der Waals surface area contributed by atoms with Gasteiger partial charge in [0.15, 0.2) is 6.61 Å². The Kier molecular flexibility index (Phi) is 8.57. The van der Waals surface area contributed by atoms with Crippen molar-refractivity contribution in [1.29, 1.82) is 0 Å². The van der Waals surface area contributed by atoms with Crippen LogP contribution in [0.3, 0.4) is 0 Å². The van der Waals surface area contributed by atoms with E-state index in [0.717, 1.165) is 16.5 Å². The number of aromatic nitrogens is 1. The largest absolute Gasteiger partial charge is 0.508 e. The molecule has 1 aromatic heterocycles. The van der Waals surface area contributed by atoms with Crippen LogP contribution in [0.2, 0.25) is 0 Å². The molecule has 10 nitrogen and oxygen atoms in total. The highest BCUT2D eigenvalue weighted by atomic mass is 16.7. The zero-order valence-corrected chi connectivity index (χ0v) is 20.4. The Morgan fingerprint density at radius 1 is 0.868 bits per heavy atom. The van der Waals surface area contributed by atoms with Gasteiger partial charge in [-0.1, -0.05) is 48.5 Å². The molecule has 2 atom stereocenters. The summed E-state index contributed by atoms with van der Waals surface area (Å²) in [5, 5.41) is 15.8. The van der Waals surface area contributed by atoms with Gasteiger partial charge in [0, 0.05) is 29.9 Å². The van der Waals surface area contributed by atoms with E-state index < -0.39 is 29.9 Å². The Bertz CT molecular complexity index is 1390. The van der Waals surface area contributed by atoms with Gasteiger partial charge in [-0.25, -0.2) is 4.79 Å². The molecule has 0 saturated carbocycles. The number of hydrogen-bond acceptors (Lipinski definition) is 7. The zero-order valence-electron chi connectivity index (χ0n) is 20.4. The number of nitrogens with one attached hydrogen (secondary N) is 3. The Morgan fingerprint density at radius 2 is 1.58 bits per heavy atom. The Balaban J connectivity index is 1.49. The van der Waals surface area contributed by atoms with Crippen LogP contribution in [0, 0.1) is 0 Å². The summed E-state index contributed by atoms with van der Waals surface area (Å²) in [6.45, 7) is -0.313. The number of carbonyl (C=O) groups excluding carboxylic acids is 3. The Hall–Kier alpha value is -4.83. The number of nitrogens with two attached hydrogens (primary N) is 1. The number of fused-ring (bicyclic) bond motifs is 1. The number of phenolic OH excluding ortho intramolecular Hbond substituents is 1. The molecule has 0 aliphatic heterocycles. The Morgan fingerprint density at radius 3 is 2.32 bits per heavy atom. The first-order valence-corrected chi connectivity index (χ1v) is 11.9. The van der Waals surface area contributed by atoms with E-state index in [1.54, 1.807) is 42.6 Å². The van der Waals surface area contributed by atoms with Gasteiger partial charge in [0.05, 0.1) is 0 Å². The summed E-state index contributed by atoms with van der Waals surface area (Å²) in [5.74, 6) is 3.77. The van der Waals surface area contributed by atoms with Gasteiger partial charge in [0.1, 0.15) is 23.6 Å². The minimum absolute atomic E-state index is 0.0690. The molecule has 4 aromatic rings. The second-order valence-corrected chi connectivity index (χ2v) is 8.65. The normalized spacial score (nSPS) is 12.3. The first-order chi connectivity index (χ1) is 18.4. The number of rotatable bonds is 11. The molecule has 196 valence electrons. The van der Waals surface area contributed by atoms with Gasteiger partial charge in [-0.05, 0) is 41.5 Å². The fraction of sp³-hybridized carbons (Fsp3) is 0.179. The van der Waals surface area contributed by atoms with Crippen molar-refractivity contribution in [3.05, 3.63) is 96.2 Å². The van der Waals surface area contributed by atoms with Crippen LogP contribution >= 0.6 is 0 Å². The Labute approximate surface area is 218 Å². The molecular formula is C28H28N4O6. The number of amides is 2. The van der Waals surface area contributed by atoms with E-state index in [1.807, 2.05) is 30.3 Å². The van der Waals surface area contributed by atoms with Crippen molar-refractivity contribution in [1.82, 2.24) is 15.6 Å². The molecule has 4 rings (SSSR count). The van der Waals surface area contributed by atoms with E-state index in [4.69, 9.17) is 10.6 Å². The van der Waals surface area contributed by atoms with Crippen LogP contribution < -0.4 is 21.3 Å². The summed E-state index contributed by atoms with van der Waals surface area (Å²) in [4.78, 5) is 46.1. The minimum atomic E-state index is -1.11. The van der Waals surface area contributed by atoms with Gasteiger partial charge in [0.2, 0.25) is 5.91 Å². The maximum absolute atomic E-state index is 13.4. The molecule has 0 radical (unpaired) electrons. The zero-order chi connectivity index (χ0) is 26.9. The number of H-pyrrole nitrogens is 1. The van der Waals surface area contributed by atoms with Gasteiger partial charge in [-0.15, -0.1) is 0 Å². The van der Waals surface area contributed by atoms with E-state index >= 15 is 0 Å². The van der Waals surface area contributed by atoms with Gasteiger partial charge in [-0.3, -0.25) is 9.59 Å². The minimum Gasteiger partial charge on any atom is -0.508 e. The number of aromatic hydroxyl groups is 1. The number of hydrogen-bond donors (Lipinski definition) is 5. The van der Waals surface area contributed by atoms with Crippen LogP contribution in [-0.4, -0.2) is 46.6 Å². The van der Waals surface area contributed by atoms with Crippen LogP contribution in [0.5, 0.6) is 11.5 Å². The number of carbonyl (C=O) groups is 3. The topological polar surface area (TPSA) is 156 Å². The number of para-hydroxylation sites is 2. The summed E-state index contributed by atoms with van der Waals surface area (Å²) in [6.07, 6.45) is 1.97. The summed E-state index contributed by atoms with van der Waals surface area (Å²) >= 11 is 0.